The summed E-state index contributed by atoms with van der Waals surface area (Å²) in [7, 11) is 0. The number of hydrogen-bond acceptors (Lipinski definition) is 4. The van der Waals surface area contributed by atoms with Crippen LogP contribution in [0, 0.1) is 0 Å². The highest BCUT2D eigenvalue weighted by molar-refractivity contribution is 9.10. The summed E-state index contributed by atoms with van der Waals surface area (Å²) < 4.78 is 6.50. The van der Waals surface area contributed by atoms with E-state index in [-0.39, 0.29) is 12.0 Å². The van der Waals surface area contributed by atoms with Gasteiger partial charge < -0.3 is 4.74 Å². The zero-order valence-corrected chi connectivity index (χ0v) is 13.1. The van der Waals surface area contributed by atoms with Gasteiger partial charge >= 0.3 is 5.97 Å². The molecule has 0 saturated carbocycles. The van der Waals surface area contributed by atoms with E-state index in [9.17, 15) is 4.79 Å². The van der Waals surface area contributed by atoms with Crippen molar-refractivity contribution < 1.29 is 9.53 Å². The Balaban J connectivity index is 2.93. The molecule has 96 valence electrons. The molecule has 0 saturated heterocycles. The number of rotatable bonds is 5. The highest BCUT2D eigenvalue weighted by atomic mass is 79.9. The first-order valence-corrected chi connectivity index (χ1v) is 7.31. The third-order valence-corrected chi connectivity index (χ3v) is 4.51. The van der Waals surface area contributed by atoms with Gasteiger partial charge in [-0.3, -0.25) is 5.32 Å². The fourth-order valence-electron chi connectivity index (χ4n) is 1.33. The maximum atomic E-state index is 11.9. The molecule has 0 aliphatic carbocycles. The van der Waals surface area contributed by atoms with Crippen LogP contribution in [0.1, 0.15) is 31.7 Å². The van der Waals surface area contributed by atoms with Crippen molar-refractivity contribution in [1.82, 2.24) is 5.32 Å². The molecule has 1 unspecified atom stereocenters. The lowest BCUT2D eigenvalue weighted by Crippen LogP contribution is -2.34. The molecule has 0 spiro atoms. The largest absolute Gasteiger partial charge is 0.465 e. The molecule has 0 aromatic carbocycles. The quantitative estimate of drug-likeness (QED) is 0.829. The first-order valence-electron chi connectivity index (χ1n) is 5.33. The van der Waals surface area contributed by atoms with E-state index in [1.165, 1.54) is 11.3 Å². The molecule has 6 heteroatoms. The van der Waals surface area contributed by atoms with Gasteiger partial charge in [0, 0.05) is 15.4 Å². The second kappa shape index (κ2) is 6.73. The molecule has 1 rings (SSSR count). The van der Waals surface area contributed by atoms with Crippen molar-refractivity contribution in [2.24, 2.45) is 0 Å². The van der Waals surface area contributed by atoms with E-state index >= 15 is 0 Å². The van der Waals surface area contributed by atoms with Crippen molar-refractivity contribution in [3.63, 3.8) is 0 Å². The smallest absolute Gasteiger partial charge is 0.328 e. The number of thiophene rings is 1. The second-order valence-corrected chi connectivity index (χ2v) is 6.32. The van der Waals surface area contributed by atoms with Crippen LogP contribution in [0.4, 0.5) is 0 Å². The predicted molar refractivity (Wildman–Crippen MR) is 74.7 cm³/mol. The SMILES string of the molecule is CCOC(=O)C(NC(C)C)c1cc(Br)c(Cl)s1. The topological polar surface area (TPSA) is 38.3 Å². The normalized spacial score (nSPS) is 12.8. The molecular formula is C11H15BrClNO2S. The van der Waals surface area contributed by atoms with Crippen LogP contribution in [0.15, 0.2) is 10.5 Å². The summed E-state index contributed by atoms with van der Waals surface area (Å²) in [4.78, 5) is 12.7. The molecule has 0 fully saturated rings. The molecule has 17 heavy (non-hydrogen) atoms. The second-order valence-electron chi connectivity index (χ2n) is 3.78. The molecule has 1 aromatic rings. The number of nitrogens with one attached hydrogen (secondary N) is 1. The summed E-state index contributed by atoms with van der Waals surface area (Å²) >= 11 is 10.7. The third kappa shape index (κ3) is 4.25. The molecule has 0 amide bonds. The van der Waals surface area contributed by atoms with Crippen LogP contribution in [0.25, 0.3) is 0 Å². The molecule has 1 N–H and O–H groups in total. The van der Waals surface area contributed by atoms with E-state index in [0.717, 1.165) is 9.35 Å². The van der Waals surface area contributed by atoms with Crippen molar-refractivity contribution in [3.05, 3.63) is 19.8 Å². The van der Waals surface area contributed by atoms with E-state index in [4.69, 9.17) is 16.3 Å². The summed E-state index contributed by atoms with van der Waals surface area (Å²) in [5.74, 6) is -0.272. The lowest BCUT2D eigenvalue weighted by atomic mass is 10.2. The van der Waals surface area contributed by atoms with Gasteiger partial charge in [-0.1, -0.05) is 11.6 Å². The molecule has 1 heterocycles. The van der Waals surface area contributed by atoms with Gasteiger partial charge in [-0.05, 0) is 42.8 Å². The van der Waals surface area contributed by atoms with Crippen molar-refractivity contribution in [2.45, 2.75) is 32.9 Å². The molecular weight excluding hydrogens is 326 g/mol. The molecule has 0 aliphatic rings. The number of carbonyl (C=O) groups is 1. The van der Waals surface area contributed by atoms with Gasteiger partial charge in [-0.25, -0.2) is 4.79 Å². The molecule has 1 atom stereocenters. The molecule has 1 aromatic heterocycles. The Morgan fingerprint density at radius 2 is 2.29 bits per heavy atom. The zero-order chi connectivity index (χ0) is 13.0. The van der Waals surface area contributed by atoms with Gasteiger partial charge in [0.1, 0.15) is 10.4 Å². The number of halogens is 2. The van der Waals surface area contributed by atoms with Crippen molar-refractivity contribution >= 4 is 44.8 Å². The molecule has 0 aliphatic heterocycles. The average Bonchev–Trinajstić information content (AvgIpc) is 2.55. The van der Waals surface area contributed by atoms with E-state index < -0.39 is 6.04 Å². The van der Waals surface area contributed by atoms with Crippen LogP contribution in [-0.2, 0) is 9.53 Å². The molecule has 3 nitrogen and oxygen atoms in total. The van der Waals surface area contributed by atoms with Crippen LogP contribution in [0.5, 0.6) is 0 Å². The number of hydrogen-bond donors (Lipinski definition) is 1. The molecule has 0 radical (unpaired) electrons. The van der Waals surface area contributed by atoms with Gasteiger partial charge in [-0.2, -0.15) is 0 Å². The minimum absolute atomic E-state index is 0.184. The van der Waals surface area contributed by atoms with Gasteiger partial charge in [0.15, 0.2) is 0 Å². The van der Waals surface area contributed by atoms with Gasteiger partial charge in [0.25, 0.3) is 0 Å². The van der Waals surface area contributed by atoms with E-state index in [0.29, 0.717) is 10.9 Å². The fourth-order valence-corrected chi connectivity index (χ4v) is 3.12. The Kier molecular flexibility index (Phi) is 5.92. The Hall–Kier alpha value is -0.100. The first-order chi connectivity index (χ1) is 7.95. The van der Waals surface area contributed by atoms with E-state index in [2.05, 4.69) is 21.2 Å². The van der Waals surface area contributed by atoms with Crippen LogP contribution in [-0.4, -0.2) is 18.6 Å². The minimum atomic E-state index is -0.455. The average molecular weight is 341 g/mol. The van der Waals surface area contributed by atoms with Crippen LogP contribution >= 0.6 is 38.9 Å². The number of ether oxygens (including phenoxy) is 1. The van der Waals surface area contributed by atoms with Gasteiger partial charge in [0.2, 0.25) is 0 Å². The van der Waals surface area contributed by atoms with E-state index in [1.54, 1.807) is 6.92 Å². The number of esters is 1. The van der Waals surface area contributed by atoms with Crippen LogP contribution in [0.2, 0.25) is 4.34 Å². The fraction of sp³-hybridized carbons (Fsp3) is 0.545. The van der Waals surface area contributed by atoms with Crippen molar-refractivity contribution in [1.29, 1.82) is 0 Å². The Morgan fingerprint density at radius 3 is 2.71 bits per heavy atom. The van der Waals surface area contributed by atoms with Crippen LogP contribution in [0.3, 0.4) is 0 Å². The first kappa shape index (κ1) is 15.0. The predicted octanol–water partition coefficient (Wildman–Crippen LogP) is 3.77. The number of carbonyl (C=O) groups excluding carboxylic acids is 1. The standard InChI is InChI=1S/C11H15BrClNO2S/c1-4-16-11(15)9(14-6(2)3)8-5-7(12)10(13)17-8/h5-6,9,14H,4H2,1-3H3. The monoisotopic (exact) mass is 339 g/mol. The Labute approximate surface area is 119 Å². The van der Waals surface area contributed by atoms with Crippen molar-refractivity contribution in [3.8, 4) is 0 Å². The summed E-state index contributed by atoms with van der Waals surface area (Å²) in [6, 6.07) is 1.58. The summed E-state index contributed by atoms with van der Waals surface area (Å²) in [5, 5.41) is 3.18. The summed E-state index contributed by atoms with van der Waals surface area (Å²) in [6.07, 6.45) is 0. The van der Waals surface area contributed by atoms with Gasteiger partial charge in [0.05, 0.1) is 6.61 Å². The maximum absolute atomic E-state index is 11.9. The summed E-state index contributed by atoms with van der Waals surface area (Å²) in [5.41, 5.74) is 0. The van der Waals surface area contributed by atoms with E-state index in [1.807, 2.05) is 19.9 Å². The minimum Gasteiger partial charge on any atom is -0.465 e. The van der Waals surface area contributed by atoms with Crippen LogP contribution < -0.4 is 5.32 Å². The highest BCUT2D eigenvalue weighted by Crippen LogP contribution is 2.35. The van der Waals surface area contributed by atoms with Crippen molar-refractivity contribution in [2.75, 3.05) is 6.61 Å². The maximum Gasteiger partial charge on any atom is 0.328 e. The Bertz CT molecular complexity index is 375. The lowest BCUT2D eigenvalue weighted by molar-refractivity contribution is -0.146. The lowest BCUT2D eigenvalue weighted by Gasteiger charge is -2.18. The third-order valence-electron chi connectivity index (χ3n) is 1.97. The molecule has 0 bridgehead atoms. The highest BCUT2D eigenvalue weighted by Gasteiger charge is 2.25. The Morgan fingerprint density at radius 1 is 1.65 bits per heavy atom. The zero-order valence-electron chi connectivity index (χ0n) is 9.92. The van der Waals surface area contributed by atoms with Gasteiger partial charge in [-0.15, -0.1) is 11.3 Å². The summed E-state index contributed by atoms with van der Waals surface area (Å²) in [6.45, 7) is 6.13.